The summed E-state index contributed by atoms with van der Waals surface area (Å²) >= 11 is 1.09. The van der Waals surface area contributed by atoms with Crippen LogP contribution in [-0.4, -0.2) is 35.5 Å². The Labute approximate surface area is 126 Å². The van der Waals surface area contributed by atoms with Gasteiger partial charge >= 0.3 is 12.1 Å². The Morgan fingerprint density at radius 1 is 1.48 bits per heavy atom. The van der Waals surface area contributed by atoms with Crippen molar-refractivity contribution in [3.05, 3.63) is 11.1 Å². The zero-order valence-electron chi connectivity index (χ0n) is 12.3. The van der Waals surface area contributed by atoms with Gasteiger partial charge in [-0.1, -0.05) is 0 Å². The van der Waals surface area contributed by atoms with Crippen LogP contribution in [0.4, 0.5) is 9.93 Å². The number of nitrogens with zero attached hydrogens (tertiary/aromatic N) is 1. The molecule has 0 saturated heterocycles. The van der Waals surface area contributed by atoms with E-state index in [1.165, 1.54) is 5.38 Å². The molecule has 0 spiro atoms. The number of carbonyl (C=O) groups excluding carboxylic acids is 3. The lowest BCUT2D eigenvalue weighted by atomic mass is 10.1. The Balaban J connectivity index is 2.74. The van der Waals surface area contributed by atoms with Crippen molar-refractivity contribution in [2.45, 2.75) is 39.2 Å². The predicted molar refractivity (Wildman–Crippen MR) is 77.4 cm³/mol. The highest BCUT2D eigenvalue weighted by atomic mass is 32.1. The first-order valence-electron chi connectivity index (χ1n) is 6.34. The van der Waals surface area contributed by atoms with Gasteiger partial charge in [0, 0.05) is 5.38 Å². The summed E-state index contributed by atoms with van der Waals surface area (Å²) in [4.78, 5) is 38.2. The Hall–Kier alpha value is -1.96. The quantitative estimate of drug-likeness (QED) is 0.509. The summed E-state index contributed by atoms with van der Waals surface area (Å²) in [5.41, 5.74) is -0.389. The number of thiazole rings is 1. The fourth-order valence-electron chi connectivity index (χ4n) is 1.36. The molecule has 116 valence electrons. The molecular formula is C13H18N2O5S. The largest absolute Gasteiger partial charge is 0.465 e. The molecule has 0 aliphatic carbocycles. The van der Waals surface area contributed by atoms with E-state index in [1.807, 2.05) is 0 Å². The van der Waals surface area contributed by atoms with Crippen LogP contribution < -0.4 is 5.32 Å². The Bertz CT molecular complexity index is 521. The number of rotatable bonds is 5. The third kappa shape index (κ3) is 5.50. The van der Waals surface area contributed by atoms with Gasteiger partial charge in [-0.2, -0.15) is 0 Å². The lowest BCUT2D eigenvalue weighted by molar-refractivity contribution is -0.146. The van der Waals surface area contributed by atoms with E-state index in [0.717, 1.165) is 11.3 Å². The number of amides is 1. The van der Waals surface area contributed by atoms with Gasteiger partial charge in [-0.15, -0.1) is 11.3 Å². The first kappa shape index (κ1) is 17.1. The third-order valence-corrected chi connectivity index (χ3v) is 2.90. The van der Waals surface area contributed by atoms with Crippen LogP contribution in [0.1, 0.15) is 39.3 Å². The predicted octanol–water partition coefficient (Wildman–Crippen LogP) is 2.34. The minimum atomic E-state index is -1.09. The maximum atomic E-state index is 11.6. The number of hydrogen-bond acceptors (Lipinski definition) is 7. The van der Waals surface area contributed by atoms with Crippen LogP contribution in [0.3, 0.4) is 0 Å². The molecule has 0 radical (unpaired) electrons. The number of carbonyl (C=O) groups is 3. The van der Waals surface area contributed by atoms with Crippen molar-refractivity contribution in [2.75, 3.05) is 11.9 Å². The van der Waals surface area contributed by atoms with Crippen LogP contribution in [0.2, 0.25) is 0 Å². The molecule has 0 fully saturated rings. The number of aromatic nitrogens is 1. The minimum absolute atomic E-state index is 0.177. The van der Waals surface area contributed by atoms with Gasteiger partial charge in [0.05, 0.1) is 12.3 Å². The molecule has 1 amide bonds. The molecule has 1 N–H and O–H groups in total. The lowest BCUT2D eigenvalue weighted by Gasteiger charge is -2.18. The summed E-state index contributed by atoms with van der Waals surface area (Å²) in [6.07, 6.45) is -0.188. The monoisotopic (exact) mass is 314 g/mol. The molecule has 21 heavy (non-hydrogen) atoms. The SMILES string of the molecule is CCOC(=O)C(C=O)c1csc(NC(=O)OC(C)(C)C)n1. The van der Waals surface area contributed by atoms with Gasteiger partial charge < -0.3 is 14.3 Å². The fraction of sp³-hybridized carbons (Fsp3) is 0.538. The molecule has 1 aromatic rings. The summed E-state index contributed by atoms with van der Waals surface area (Å²) in [6, 6.07) is 0. The third-order valence-electron chi connectivity index (χ3n) is 2.13. The summed E-state index contributed by atoms with van der Waals surface area (Å²) < 4.78 is 9.87. The van der Waals surface area contributed by atoms with Gasteiger partial charge in [-0.25, -0.2) is 9.78 Å². The van der Waals surface area contributed by atoms with Gasteiger partial charge in [0.1, 0.15) is 11.9 Å². The molecule has 1 rings (SSSR count). The maximum Gasteiger partial charge on any atom is 0.413 e. The number of anilines is 1. The molecular weight excluding hydrogens is 296 g/mol. The van der Waals surface area contributed by atoms with E-state index in [-0.39, 0.29) is 17.4 Å². The van der Waals surface area contributed by atoms with E-state index < -0.39 is 23.6 Å². The van der Waals surface area contributed by atoms with Gasteiger partial charge in [0.2, 0.25) is 0 Å². The number of aldehydes is 1. The van der Waals surface area contributed by atoms with Crippen molar-refractivity contribution < 1.29 is 23.9 Å². The van der Waals surface area contributed by atoms with Crippen LogP contribution in [0.15, 0.2) is 5.38 Å². The second-order valence-electron chi connectivity index (χ2n) is 5.07. The van der Waals surface area contributed by atoms with Crippen molar-refractivity contribution in [3.63, 3.8) is 0 Å². The molecule has 0 bridgehead atoms. The Morgan fingerprint density at radius 3 is 2.67 bits per heavy atom. The maximum absolute atomic E-state index is 11.6. The van der Waals surface area contributed by atoms with Crippen molar-refractivity contribution in [1.82, 2.24) is 4.98 Å². The second kappa shape index (κ2) is 7.16. The highest BCUT2D eigenvalue weighted by Gasteiger charge is 2.25. The van der Waals surface area contributed by atoms with Crippen molar-refractivity contribution in [3.8, 4) is 0 Å². The molecule has 8 heteroatoms. The zero-order chi connectivity index (χ0) is 16.0. The van der Waals surface area contributed by atoms with Gasteiger partial charge in [0.15, 0.2) is 11.0 Å². The average molecular weight is 314 g/mol. The smallest absolute Gasteiger partial charge is 0.413 e. The van der Waals surface area contributed by atoms with Crippen LogP contribution in [0.25, 0.3) is 0 Å². The summed E-state index contributed by atoms with van der Waals surface area (Å²) in [6.45, 7) is 7.04. The minimum Gasteiger partial charge on any atom is -0.465 e. The fourth-order valence-corrected chi connectivity index (χ4v) is 2.09. The zero-order valence-corrected chi connectivity index (χ0v) is 13.2. The van der Waals surface area contributed by atoms with E-state index in [1.54, 1.807) is 27.7 Å². The van der Waals surface area contributed by atoms with Gasteiger partial charge in [-0.05, 0) is 27.7 Å². The highest BCUT2D eigenvalue weighted by Crippen LogP contribution is 2.22. The van der Waals surface area contributed by atoms with E-state index in [9.17, 15) is 14.4 Å². The Morgan fingerprint density at radius 2 is 2.14 bits per heavy atom. The topological polar surface area (TPSA) is 94.6 Å². The molecule has 7 nitrogen and oxygen atoms in total. The molecule has 1 aromatic heterocycles. The number of ether oxygens (including phenoxy) is 2. The molecule has 0 saturated carbocycles. The van der Waals surface area contributed by atoms with Gasteiger partial charge in [-0.3, -0.25) is 10.1 Å². The standard InChI is InChI=1S/C13H18N2O5S/c1-5-19-10(17)8(6-16)9-7-21-11(14-9)15-12(18)20-13(2,3)4/h6-8H,5H2,1-4H3,(H,14,15,18). The van der Waals surface area contributed by atoms with Crippen molar-refractivity contribution in [2.24, 2.45) is 0 Å². The van der Waals surface area contributed by atoms with E-state index in [0.29, 0.717) is 6.29 Å². The lowest BCUT2D eigenvalue weighted by Crippen LogP contribution is -2.27. The summed E-state index contributed by atoms with van der Waals surface area (Å²) in [7, 11) is 0. The molecule has 1 atom stereocenters. The average Bonchev–Trinajstić information content (AvgIpc) is 2.76. The normalized spacial score (nSPS) is 12.4. The number of nitrogens with one attached hydrogen (secondary N) is 1. The van der Waals surface area contributed by atoms with Crippen LogP contribution in [-0.2, 0) is 19.1 Å². The molecule has 0 aliphatic heterocycles. The first-order valence-corrected chi connectivity index (χ1v) is 7.22. The first-order chi connectivity index (χ1) is 9.76. The van der Waals surface area contributed by atoms with E-state index >= 15 is 0 Å². The molecule has 0 aromatic carbocycles. The van der Waals surface area contributed by atoms with E-state index in [2.05, 4.69) is 10.3 Å². The van der Waals surface area contributed by atoms with Crippen LogP contribution >= 0.6 is 11.3 Å². The van der Waals surface area contributed by atoms with Crippen LogP contribution in [0, 0.1) is 0 Å². The summed E-state index contributed by atoms with van der Waals surface area (Å²) in [5, 5.41) is 4.21. The molecule has 1 unspecified atom stereocenters. The van der Waals surface area contributed by atoms with Crippen molar-refractivity contribution >= 4 is 34.8 Å². The number of hydrogen-bond donors (Lipinski definition) is 1. The van der Waals surface area contributed by atoms with E-state index in [4.69, 9.17) is 9.47 Å². The highest BCUT2D eigenvalue weighted by molar-refractivity contribution is 7.13. The molecule has 1 heterocycles. The second-order valence-corrected chi connectivity index (χ2v) is 5.93. The number of esters is 1. The molecule has 0 aliphatic rings. The van der Waals surface area contributed by atoms with Crippen molar-refractivity contribution in [1.29, 1.82) is 0 Å². The Kier molecular flexibility index (Phi) is 5.83. The van der Waals surface area contributed by atoms with Crippen LogP contribution in [0.5, 0.6) is 0 Å². The summed E-state index contributed by atoms with van der Waals surface area (Å²) in [5.74, 6) is -1.75. The van der Waals surface area contributed by atoms with Gasteiger partial charge in [0.25, 0.3) is 0 Å².